The Bertz CT molecular complexity index is 495. The molecule has 1 fully saturated rings. The number of nitrogens with zero attached hydrogens (tertiary/aromatic N) is 3. The van der Waals surface area contributed by atoms with Gasteiger partial charge in [0.05, 0.1) is 10.6 Å². The molecule has 0 radical (unpaired) electrons. The van der Waals surface area contributed by atoms with Crippen molar-refractivity contribution in [2.45, 2.75) is 25.8 Å². The lowest BCUT2D eigenvalue weighted by molar-refractivity contribution is 0.0676. The van der Waals surface area contributed by atoms with Crippen molar-refractivity contribution >= 4 is 29.1 Å². The molecule has 0 aliphatic carbocycles. The van der Waals surface area contributed by atoms with Gasteiger partial charge in [-0.2, -0.15) is 0 Å². The minimum absolute atomic E-state index is 0.0542. The lowest BCUT2D eigenvalue weighted by Gasteiger charge is -2.30. The highest BCUT2D eigenvalue weighted by atomic mass is 35.5. The number of rotatable bonds is 2. The second-order valence-electron chi connectivity index (χ2n) is 5.16. The van der Waals surface area contributed by atoms with Crippen LogP contribution in [0.25, 0.3) is 0 Å². The van der Waals surface area contributed by atoms with Gasteiger partial charge in [-0.05, 0) is 32.5 Å². The van der Waals surface area contributed by atoms with Crippen molar-refractivity contribution in [3.63, 3.8) is 0 Å². The molecule has 1 aromatic rings. The Labute approximate surface area is 129 Å². The maximum Gasteiger partial charge on any atom is 0.255 e. The SMILES string of the molecule is CCC1CN(C)CCCN1C(=O)c1cc(Cl)ncc1Cl. The van der Waals surface area contributed by atoms with Gasteiger partial charge < -0.3 is 9.80 Å². The molecule has 0 N–H and O–H groups in total. The number of hydrogen-bond donors (Lipinski definition) is 0. The smallest absolute Gasteiger partial charge is 0.255 e. The van der Waals surface area contributed by atoms with Gasteiger partial charge in [-0.3, -0.25) is 4.79 Å². The lowest BCUT2D eigenvalue weighted by atomic mass is 10.1. The van der Waals surface area contributed by atoms with E-state index in [1.54, 1.807) is 6.07 Å². The van der Waals surface area contributed by atoms with Crippen LogP contribution in [0.1, 0.15) is 30.1 Å². The highest BCUT2D eigenvalue weighted by Gasteiger charge is 2.28. The number of likely N-dealkylation sites (N-methyl/N-ethyl adjacent to an activating group) is 1. The Balaban J connectivity index is 2.27. The van der Waals surface area contributed by atoms with Crippen LogP contribution >= 0.6 is 23.2 Å². The zero-order valence-corrected chi connectivity index (χ0v) is 13.3. The van der Waals surface area contributed by atoms with E-state index in [1.165, 1.54) is 6.20 Å². The van der Waals surface area contributed by atoms with Crippen LogP contribution in [0.3, 0.4) is 0 Å². The fraction of sp³-hybridized carbons (Fsp3) is 0.571. The van der Waals surface area contributed by atoms with Gasteiger partial charge in [0, 0.05) is 25.3 Å². The molecule has 4 nitrogen and oxygen atoms in total. The molecule has 1 amide bonds. The fourth-order valence-electron chi connectivity index (χ4n) is 2.59. The van der Waals surface area contributed by atoms with Gasteiger partial charge in [0.2, 0.25) is 0 Å². The number of carbonyl (C=O) groups excluding carboxylic acids is 1. The first-order valence-corrected chi connectivity index (χ1v) is 7.59. The second-order valence-corrected chi connectivity index (χ2v) is 5.96. The minimum atomic E-state index is -0.0542. The van der Waals surface area contributed by atoms with Gasteiger partial charge in [0.15, 0.2) is 0 Å². The van der Waals surface area contributed by atoms with Crippen molar-refractivity contribution in [1.29, 1.82) is 0 Å². The van der Waals surface area contributed by atoms with Crippen LogP contribution in [-0.2, 0) is 0 Å². The Hall–Kier alpha value is -0.840. The molecule has 1 aliphatic rings. The van der Waals surface area contributed by atoms with Crippen molar-refractivity contribution in [1.82, 2.24) is 14.8 Å². The first-order chi connectivity index (χ1) is 9.52. The Morgan fingerprint density at radius 3 is 2.90 bits per heavy atom. The molecule has 0 saturated carbocycles. The summed E-state index contributed by atoms with van der Waals surface area (Å²) in [6.45, 7) is 4.74. The molecule has 2 rings (SSSR count). The number of aromatic nitrogens is 1. The average molecular weight is 316 g/mol. The molecule has 6 heteroatoms. The van der Waals surface area contributed by atoms with Gasteiger partial charge in [-0.15, -0.1) is 0 Å². The second kappa shape index (κ2) is 6.74. The zero-order chi connectivity index (χ0) is 14.7. The Morgan fingerprint density at radius 2 is 2.20 bits per heavy atom. The van der Waals surface area contributed by atoms with E-state index in [1.807, 2.05) is 4.90 Å². The van der Waals surface area contributed by atoms with E-state index in [9.17, 15) is 4.79 Å². The largest absolute Gasteiger partial charge is 0.334 e. The van der Waals surface area contributed by atoms with E-state index in [0.29, 0.717) is 10.6 Å². The van der Waals surface area contributed by atoms with E-state index in [2.05, 4.69) is 23.9 Å². The lowest BCUT2D eigenvalue weighted by Crippen LogP contribution is -2.43. The Morgan fingerprint density at radius 1 is 1.45 bits per heavy atom. The third kappa shape index (κ3) is 3.43. The predicted molar refractivity (Wildman–Crippen MR) is 81.5 cm³/mol. The normalized spacial score (nSPS) is 20.8. The first-order valence-electron chi connectivity index (χ1n) is 6.83. The van der Waals surface area contributed by atoms with Gasteiger partial charge in [0.1, 0.15) is 5.15 Å². The number of carbonyl (C=O) groups is 1. The summed E-state index contributed by atoms with van der Waals surface area (Å²) in [6, 6.07) is 1.76. The van der Waals surface area contributed by atoms with Gasteiger partial charge in [-0.25, -0.2) is 4.98 Å². The van der Waals surface area contributed by atoms with Crippen molar-refractivity contribution in [3.05, 3.63) is 28.0 Å². The number of hydrogen-bond acceptors (Lipinski definition) is 3. The van der Waals surface area contributed by atoms with Gasteiger partial charge >= 0.3 is 0 Å². The molecular weight excluding hydrogens is 297 g/mol. The summed E-state index contributed by atoms with van der Waals surface area (Å²) in [5.74, 6) is -0.0542. The van der Waals surface area contributed by atoms with Crippen molar-refractivity contribution in [2.24, 2.45) is 0 Å². The monoisotopic (exact) mass is 315 g/mol. The van der Waals surface area contributed by atoms with E-state index in [4.69, 9.17) is 23.2 Å². The molecule has 110 valence electrons. The molecule has 0 bridgehead atoms. The third-order valence-corrected chi connectivity index (χ3v) is 4.19. The molecule has 1 atom stereocenters. The van der Waals surface area contributed by atoms with E-state index in [-0.39, 0.29) is 17.1 Å². The predicted octanol–water partition coefficient (Wildman–Crippen LogP) is 2.94. The van der Waals surface area contributed by atoms with E-state index < -0.39 is 0 Å². The maximum absolute atomic E-state index is 12.7. The number of amides is 1. The summed E-state index contributed by atoms with van der Waals surface area (Å²) >= 11 is 12.0. The van der Waals surface area contributed by atoms with Crippen LogP contribution in [-0.4, -0.2) is 53.4 Å². The summed E-state index contributed by atoms with van der Waals surface area (Å²) in [7, 11) is 2.09. The quantitative estimate of drug-likeness (QED) is 0.787. The highest BCUT2D eigenvalue weighted by molar-refractivity contribution is 6.35. The van der Waals surface area contributed by atoms with E-state index >= 15 is 0 Å². The topological polar surface area (TPSA) is 36.4 Å². The molecule has 1 unspecified atom stereocenters. The molecule has 0 aromatic carbocycles. The number of halogens is 2. The molecule has 1 aromatic heterocycles. The van der Waals surface area contributed by atoms with Crippen LogP contribution < -0.4 is 0 Å². The van der Waals surface area contributed by atoms with Crippen LogP contribution in [0, 0.1) is 0 Å². The third-order valence-electron chi connectivity index (χ3n) is 3.69. The molecule has 20 heavy (non-hydrogen) atoms. The molecule has 1 aliphatic heterocycles. The van der Waals surface area contributed by atoms with Crippen molar-refractivity contribution in [3.8, 4) is 0 Å². The van der Waals surface area contributed by atoms with Crippen molar-refractivity contribution in [2.75, 3.05) is 26.7 Å². The summed E-state index contributed by atoms with van der Waals surface area (Å²) < 4.78 is 0. The fourth-order valence-corrected chi connectivity index (χ4v) is 2.93. The van der Waals surface area contributed by atoms with Gasteiger partial charge in [0.25, 0.3) is 5.91 Å². The van der Waals surface area contributed by atoms with Crippen LogP contribution in [0.15, 0.2) is 12.3 Å². The van der Waals surface area contributed by atoms with Gasteiger partial charge in [-0.1, -0.05) is 30.1 Å². The summed E-state index contributed by atoms with van der Waals surface area (Å²) in [4.78, 5) is 20.8. The maximum atomic E-state index is 12.7. The minimum Gasteiger partial charge on any atom is -0.334 e. The molecular formula is C14H19Cl2N3O. The summed E-state index contributed by atoms with van der Waals surface area (Å²) in [6.07, 6.45) is 3.32. The average Bonchev–Trinajstić information content (AvgIpc) is 2.62. The van der Waals surface area contributed by atoms with Crippen molar-refractivity contribution < 1.29 is 4.79 Å². The van der Waals surface area contributed by atoms with Crippen LogP contribution in [0.4, 0.5) is 0 Å². The van der Waals surface area contributed by atoms with Crippen LogP contribution in [0.5, 0.6) is 0 Å². The number of pyridine rings is 1. The molecule has 0 spiro atoms. The van der Waals surface area contributed by atoms with E-state index in [0.717, 1.165) is 32.5 Å². The first kappa shape index (κ1) is 15.5. The summed E-state index contributed by atoms with van der Waals surface area (Å²) in [5.41, 5.74) is 0.440. The zero-order valence-electron chi connectivity index (χ0n) is 11.8. The molecule has 2 heterocycles. The molecule has 1 saturated heterocycles. The van der Waals surface area contributed by atoms with Crippen LogP contribution in [0.2, 0.25) is 10.2 Å². The standard InChI is InChI=1S/C14H19Cl2N3O/c1-3-10-9-18(2)5-4-6-19(10)14(20)11-7-13(16)17-8-12(11)15/h7-8,10H,3-6,9H2,1-2H3. The highest BCUT2D eigenvalue weighted by Crippen LogP contribution is 2.22. The Kier molecular flexibility index (Phi) is 5.24. The summed E-state index contributed by atoms with van der Waals surface area (Å²) in [5, 5.41) is 0.643.